The molecule has 7 heteroatoms. The fourth-order valence-electron chi connectivity index (χ4n) is 2.87. The first-order chi connectivity index (χ1) is 11.8. The van der Waals surface area contributed by atoms with Gasteiger partial charge in [0.05, 0.1) is 9.93 Å². The first-order valence-corrected chi connectivity index (χ1v) is 9.72. The Hall–Kier alpha value is -1.50. The molecule has 1 aliphatic heterocycles. The van der Waals surface area contributed by atoms with E-state index in [-0.39, 0.29) is 11.1 Å². The number of hydrogen-bond acceptors (Lipinski definition) is 3. The van der Waals surface area contributed by atoms with Crippen molar-refractivity contribution in [3.63, 3.8) is 0 Å². The normalized spacial score (nSPS) is 16.4. The molecule has 1 aromatic carbocycles. The summed E-state index contributed by atoms with van der Waals surface area (Å²) in [7, 11) is 0. The zero-order valence-electron chi connectivity index (χ0n) is 14.0. The van der Waals surface area contributed by atoms with Crippen LogP contribution in [0.4, 0.5) is 4.79 Å². The van der Waals surface area contributed by atoms with Gasteiger partial charge in [-0.1, -0.05) is 11.6 Å². The Morgan fingerprint density at radius 2 is 1.96 bits per heavy atom. The van der Waals surface area contributed by atoms with Crippen molar-refractivity contribution in [1.82, 2.24) is 9.47 Å². The van der Waals surface area contributed by atoms with E-state index in [1.54, 1.807) is 13.0 Å². The average molecular weight is 440 g/mol. The lowest BCUT2D eigenvalue weighted by atomic mass is 10.2. The molecule has 1 fully saturated rings. The van der Waals surface area contributed by atoms with Gasteiger partial charge in [-0.3, -0.25) is 14.5 Å². The van der Waals surface area contributed by atoms with Gasteiger partial charge in [-0.25, -0.2) is 0 Å². The van der Waals surface area contributed by atoms with Crippen LogP contribution in [0.3, 0.4) is 0 Å². The predicted octanol–water partition coefficient (Wildman–Crippen LogP) is 5.57. The fourth-order valence-corrected chi connectivity index (χ4v) is 4.18. The summed E-state index contributed by atoms with van der Waals surface area (Å²) in [5, 5.41) is 0.419. The van der Waals surface area contributed by atoms with Crippen LogP contribution in [-0.2, 0) is 4.79 Å². The quantitative estimate of drug-likeness (QED) is 0.587. The third kappa shape index (κ3) is 3.30. The van der Waals surface area contributed by atoms with E-state index >= 15 is 0 Å². The topological polar surface area (TPSA) is 42.3 Å². The number of amides is 2. The summed E-state index contributed by atoms with van der Waals surface area (Å²) in [5.41, 5.74) is 3.87. The molecular weight excluding hydrogens is 424 g/mol. The van der Waals surface area contributed by atoms with Crippen molar-refractivity contribution in [3.8, 4) is 5.69 Å². The number of carbonyl (C=O) groups is 2. The largest absolute Gasteiger partial charge is 0.318 e. The Bertz CT molecular complexity index is 920. The average Bonchev–Trinajstić information content (AvgIpc) is 2.99. The number of halogens is 2. The molecule has 0 N–H and O–H groups in total. The minimum Gasteiger partial charge on any atom is -0.318 e. The summed E-state index contributed by atoms with van der Waals surface area (Å²) in [4.78, 5) is 25.9. The Kier molecular flexibility index (Phi) is 5.14. The number of aromatic nitrogens is 1. The van der Waals surface area contributed by atoms with Crippen LogP contribution in [0, 0.1) is 13.8 Å². The van der Waals surface area contributed by atoms with Gasteiger partial charge in [0, 0.05) is 28.1 Å². The smallest absolute Gasteiger partial charge is 0.293 e. The van der Waals surface area contributed by atoms with Gasteiger partial charge >= 0.3 is 0 Å². The molecule has 0 aliphatic carbocycles. The van der Waals surface area contributed by atoms with Crippen molar-refractivity contribution in [1.29, 1.82) is 0 Å². The zero-order chi connectivity index (χ0) is 18.3. The highest BCUT2D eigenvalue weighted by atomic mass is 79.9. The standard InChI is InChI=1S/C18H16BrClN2O2S/c1-4-21-17(23)16(25-18(21)24)8-12-7-10(2)22(11(12)3)13-5-6-14(19)15(20)9-13/h5-9H,4H2,1-3H3/b16-8+. The SMILES string of the molecule is CCN1C(=O)S/C(=C/c2cc(C)n(-c3ccc(Br)c(Cl)c3)c2C)C1=O. The minimum absolute atomic E-state index is 0.216. The molecule has 2 aromatic rings. The van der Waals surface area contributed by atoms with Crippen LogP contribution in [0.1, 0.15) is 23.9 Å². The second-order valence-corrected chi connectivity index (χ2v) is 7.94. The van der Waals surface area contributed by atoms with Crippen LogP contribution in [-0.4, -0.2) is 27.2 Å². The third-order valence-corrected chi connectivity index (χ3v) is 6.25. The molecular formula is C18H16BrClN2O2S. The Balaban J connectivity index is 2.03. The third-order valence-electron chi connectivity index (χ3n) is 4.11. The highest BCUT2D eigenvalue weighted by Crippen LogP contribution is 2.34. The second kappa shape index (κ2) is 7.02. The maximum atomic E-state index is 12.3. The molecule has 0 unspecified atom stereocenters. The summed E-state index contributed by atoms with van der Waals surface area (Å²) in [6.07, 6.45) is 1.79. The number of nitrogens with zero attached hydrogens (tertiary/aromatic N) is 2. The molecule has 4 nitrogen and oxygen atoms in total. The van der Waals surface area contributed by atoms with Crippen molar-refractivity contribution >= 4 is 56.5 Å². The number of aryl methyl sites for hydroxylation is 1. The Morgan fingerprint density at radius 3 is 2.56 bits per heavy atom. The molecule has 1 aliphatic rings. The predicted molar refractivity (Wildman–Crippen MR) is 106 cm³/mol. The summed E-state index contributed by atoms with van der Waals surface area (Å²) in [6.45, 7) is 6.16. The summed E-state index contributed by atoms with van der Waals surface area (Å²) in [6, 6.07) is 7.78. The van der Waals surface area contributed by atoms with E-state index in [0.717, 1.165) is 38.9 Å². The van der Waals surface area contributed by atoms with Crippen LogP contribution in [0.25, 0.3) is 11.8 Å². The number of imide groups is 1. The van der Waals surface area contributed by atoms with E-state index in [2.05, 4.69) is 20.5 Å². The van der Waals surface area contributed by atoms with Crippen molar-refractivity contribution in [3.05, 3.63) is 55.6 Å². The lowest BCUT2D eigenvalue weighted by Gasteiger charge is -2.11. The molecule has 0 spiro atoms. The summed E-state index contributed by atoms with van der Waals surface area (Å²) in [5.74, 6) is -0.228. The Morgan fingerprint density at radius 1 is 1.24 bits per heavy atom. The number of benzene rings is 1. The highest BCUT2D eigenvalue weighted by Gasteiger charge is 2.33. The van der Waals surface area contributed by atoms with E-state index in [9.17, 15) is 9.59 Å². The van der Waals surface area contributed by atoms with Crippen LogP contribution in [0.2, 0.25) is 5.02 Å². The molecule has 25 heavy (non-hydrogen) atoms. The zero-order valence-corrected chi connectivity index (χ0v) is 17.1. The van der Waals surface area contributed by atoms with Gasteiger partial charge in [0.15, 0.2) is 0 Å². The number of thioether (sulfide) groups is 1. The van der Waals surface area contributed by atoms with Crippen LogP contribution >= 0.6 is 39.3 Å². The van der Waals surface area contributed by atoms with E-state index in [1.807, 2.05) is 38.1 Å². The van der Waals surface area contributed by atoms with E-state index in [4.69, 9.17) is 11.6 Å². The molecule has 1 saturated heterocycles. The van der Waals surface area contributed by atoms with Gasteiger partial charge in [0.2, 0.25) is 0 Å². The molecule has 0 saturated carbocycles. The van der Waals surface area contributed by atoms with Crippen molar-refractivity contribution in [2.45, 2.75) is 20.8 Å². The Labute approximate surface area is 164 Å². The summed E-state index contributed by atoms with van der Waals surface area (Å²) >= 11 is 10.6. The van der Waals surface area contributed by atoms with Gasteiger partial charge in [-0.2, -0.15) is 0 Å². The number of carbonyl (C=O) groups excluding carboxylic acids is 2. The highest BCUT2D eigenvalue weighted by molar-refractivity contribution is 9.10. The maximum Gasteiger partial charge on any atom is 0.293 e. The first kappa shape index (κ1) is 18.3. The molecule has 1 aromatic heterocycles. The van der Waals surface area contributed by atoms with Crippen LogP contribution in [0.5, 0.6) is 0 Å². The maximum absolute atomic E-state index is 12.3. The molecule has 0 radical (unpaired) electrons. The van der Waals surface area contributed by atoms with Crippen molar-refractivity contribution in [2.75, 3.05) is 6.54 Å². The van der Waals surface area contributed by atoms with E-state index in [0.29, 0.717) is 16.5 Å². The van der Waals surface area contributed by atoms with Crippen molar-refractivity contribution in [2.24, 2.45) is 0 Å². The second-order valence-electron chi connectivity index (χ2n) is 5.69. The monoisotopic (exact) mass is 438 g/mol. The van der Waals surface area contributed by atoms with Gasteiger partial charge in [0.25, 0.3) is 11.1 Å². The number of rotatable bonds is 3. The molecule has 130 valence electrons. The first-order valence-electron chi connectivity index (χ1n) is 7.73. The summed E-state index contributed by atoms with van der Waals surface area (Å²) < 4.78 is 2.92. The number of likely N-dealkylation sites (N-methyl/N-ethyl adjacent to an activating group) is 1. The van der Waals surface area contributed by atoms with Crippen molar-refractivity contribution < 1.29 is 9.59 Å². The van der Waals surface area contributed by atoms with E-state index < -0.39 is 0 Å². The van der Waals surface area contributed by atoms with Gasteiger partial charge in [0.1, 0.15) is 0 Å². The molecule has 0 atom stereocenters. The lowest BCUT2D eigenvalue weighted by molar-refractivity contribution is -0.122. The minimum atomic E-state index is -0.228. The van der Waals surface area contributed by atoms with Gasteiger partial charge < -0.3 is 4.57 Å². The molecule has 2 amide bonds. The van der Waals surface area contributed by atoms with Crippen LogP contribution in [0.15, 0.2) is 33.6 Å². The number of hydrogen-bond donors (Lipinski definition) is 0. The molecule has 3 rings (SSSR count). The fraction of sp³-hybridized carbons (Fsp3) is 0.222. The van der Waals surface area contributed by atoms with Gasteiger partial charge in [-0.15, -0.1) is 0 Å². The lowest BCUT2D eigenvalue weighted by Crippen LogP contribution is -2.27. The van der Waals surface area contributed by atoms with Crippen LogP contribution < -0.4 is 0 Å². The van der Waals surface area contributed by atoms with Gasteiger partial charge in [-0.05, 0) is 84.4 Å². The van der Waals surface area contributed by atoms with E-state index in [1.165, 1.54) is 4.90 Å². The molecule has 2 heterocycles. The molecule has 0 bridgehead atoms.